The lowest BCUT2D eigenvalue weighted by Gasteiger charge is -2.03. The number of nitrogens with one attached hydrogen (secondary N) is 1. The van der Waals surface area contributed by atoms with Crippen LogP contribution in [0.5, 0.6) is 0 Å². The fraction of sp³-hybridized carbons (Fsp3) is 0.0625. The molecule has 0 aliphatic heterocycles. The van der Waals surface area contributed by atoms with E-state index in [1.165, 1.54) is 11.3 Å². The van der Waals surface area contributed by atoms with Crippen LogP contribution in [-0.4, -0.2) is 25.4 Å². The van der Waals surface area contributed by atoms with Crippen molar-refractivity contribution >= 4 is 61.4 Å². The van der Waals surface area contributed by atoms with E-state index in [0.717, 1.165) is 22.0 Å². The molecule has 0 aliphatic rings. The summed E-state index contributed by atoms with van der Waals surface area (Å²) in [4.78, 5) is 21.1. The third-order valence-corrected chi connectivity index (χ3v) is 5.06. The highest BCUT2D eigenvalue weighted by Gasteiger charge is 2.15. The van der Waals surface area contributed by atoms with Gasteiger partial charge in [-0.1, -0.05) is 6.07 Å². The first-order valence-corrected chi connectivity index (χ1v) is 8.86. The van der Waals surface area contributed by atoms with Crippen molar-refractivity contribution in [2.45, 2.75) is 6.92 Å². The number of fused-ring (bicyclic) bond motifs is 1. The van der Waals surface area contributed by atoms with Crippen molar-refractivity contribution in [3.8, 4) is 11.4 Å². The van der Waals surface area contributed by atoms with Gasteiger partial charge >= 0.3 is 5.97 Å². The van der Waals surface area contributed by atoms with E-state index < -0.39 is 5.97 Å². The summed E-state index contributed by atoms with van der Waals surface area (Å²) in [6.07, 6.45) is 1.98. The number of aromatic nitrogens is 3. The Morgan fingerprint density at radius 2 is 2.12 bits per heavy atom. The molecule has 1 aromatic carbocycles. The van der Waals surface area contributed by atoms with E-state index in [-0.39, 0.29) is 22.5 Å². The van der Waals surface area contributed by atoms with Gasteiger partial charge in [0.1, 0.15) is 5.69 Å². The Balaban J connectivity index is 0.00000182. The van der Waals surface area contributed by atoms with Gasteiger partial charge in [0.15, 0.2) is 10.1 Å². The van der Waals surface area contributed by atoms with Gasteiger partial charge in [-0.25, -0.2) is 14.8 Å². The second-order valence-corrected chi connectivity index (χ2v) is 6.88. The van der Waals surface area contributed by atoms with Gasteiger partial charge in [0.25, 0.3) is 0 Å². The molecule has 3 heterocycles. The van der Waals surface area contributed by atoms with Crippen molar-refractivity contribution in [1.82, 2.24) is 14.4 Å². The zero-order chi connectivity index (χ0) is 16.7. The summed E-state index contributed by atoms with van der Waals surface area (Å²) < 4.78 is 2.03. The Kier molecular flexibility index (Phi) is 4.89. The number of nitrogens with zero attached hydrogens (tertiary/aromatic N) is 3. The van der Waals surface area contributed by atoms with Crippen molar-refractivity contribution in [3.05, 3.63) is 52.5 Å². The normalized spacial score (nSPS) is 10.6. The molecular weight excluding hydrogens is 424 g/mol. The van der Waals surface area contributed by atoms with E-state index in [0.29, 0.717) is 10.8 Å². The molecular formula is C16H13BrN4O2S2. The number of hydrogen-bond acceptors (Lipinski definition) is 6. The molecule has 0 amide bonds. The summed E-state index contributed by atoms with van der Waals surface area (Å²) in [6, 6.07) is 6.67. The predicted molar refractivity (Wildman–Crippen MR) is 106 cm³/mol. The Bertz CT molecular complexity index is 1050. The standard InChI is InChI=1S/C16H12N4O2S2.BrH/c1-9-13(20-5-6-23-16(20)17-9)12-8-24-15(19-12)18-11-4-2-3-10(7-11)14(21)22;/h2-8H,1H3,(H,18,19)(H,21,22);1H. The number of hydrogen-bond donors (Lipinski definition) is 2. The SMILES string of the molecule is Br.Cc1nc2sccn2c1-c1csc(Nc2cccc(C(=O)O)c2)n1. The van der Waals surface area contributed by atoms with E-state index in [2.05, 4.69) is 15.3 Å². The molecule has 0 spiro atoms. The summed E-state index contributed by atoms with van der Waals surface area (Å²) in [7, 11) is 0. The number of imidazole rings is 1. The lowest BCUT2D eigenvalue weighted by Crippen LogP contribution is -1.97. The topological polar surface area (TPSA) is 79.5 Å². The number of aryl methyl sites for hydroxylation is 1. The number of carbonyl (C=O) groups is 1. The molecule has 0 saturated heterocycles. The minimum absolute atomic E-state index is 0. The first-order valence-electron chi connectivity index (χ1n) is 7.10. The average Bonchev–Trinajstić information content (AvgIpc) is 3.24. The van der Waals surface area contributed by atoms with Crippen LogP contribution in [0.4, 0.5) is 10.8 Å². The maximum atomic E-state index is 11.1. The molecule has 0 fully saturated rings. The molecule has 25 heavy (non-hydrogen) atoms. The third kappa shape index (κ3) is 3.30. The molecule has 4 rings (SSSR count). The molecule has 4 aromatic rings. The summed E-state index contributed by atoms with van der Waals surface area (Å²) in [5.74, 6) is -0.951. The smallest absolute Gasteiger partial charge is 0.335 e. The van der Waals surface area contributed by atoms with Gasteiger partial charge in [0.2, 0.25) is 0 Å². The summed E-state index contributed by atoms with van der Waals surface area (Å²) >= 11 is 3.06. The van der Waals surface area contributed by atoms with Crippen LogP contribution in [0, 0.1) is 6.92 Å². The van der Waals surface area contributed by atoms with Crippen molar-refractivity contribution in [3.63, 3.8) is 0 Å². The largest absolute Gasteiger partial charge is 0.478 e. The number of halogens is 1. The summed E-state index contributed by atoms with van der Waals surface area (Å²) in [5.41, 5.74) is 3.70. The van der Waals surface area contributed by atoms with Gasteiger partial charge in [0, 0.05) is 22.6 Å². The van der Waals surface area contributed by atoms with Crippen LogP contribution in [0.3, 0.4) is 0 Å². The van der Waals surface area contributed by atoms with Gasteiger partial charge in [-0.15, -0.1) is 39.7 Å². The van der Waals surface area contributed by atoms with Crippen LogP contribution in [0.15, 0.2) is 41.2 Å². The average molecular weight is 437 g/mol. The number of rotatable bonds is 4. The molecule has 128 valence electrons. The lowest BCUT2D eigenvalue weighted by molar-refractivity contribution is 0.0697. The molecule has 6 nitrogen and oxygen atoms in total. The van der Waals surface area contributed by atoms with Crippen molar-refractivity contribution in [2.24, 2.45) is 0 Å². The van der Waals surface area contributed by atoms with Gasteiger partial charge in [-0.05, 0) is 25.1 Å². The van der Waals surface area contributed by atoms with Gasteiger partial charge in [0.05, 0.1) is 17.0 Å². The number of benzene rings is 1. The van der Waals surface area contributed by atoms with Crippen molar-refractivity contribution < 1.29 is 9.90 Å². The second kappa shape index (κ2) is 6.95. The van der Waals surface area contributed by atoms with Crippen LogP contribution in [0.2, 0.25) is 0 Å². The zero-order valence-electron chi connectivity index (χ0n) is 13.0. The fourth-order valence-corrected chi connectivity index (χ4v) is 3.97. The maximum Gasteiger partial charge on any atom is 0.335 e. The zero-order valence-corrected chi connectivity index (χ0v) is 16.3. The molecule has 3 aromatic heterocycles. The monoisotopic (exact) mass is 436 g/mol. The Labute approximate surface area is 161 Å². The number of aromatic carboxylic acids is 1. The van der Waals surface area contributed by atoms with Crippen LogP contribution in [0.1, 0.15) is 16.1 Å². The highest BCUT2D eigenvalue weighted by molar-refractivity contribution is 8.93. The Hall–Kier alpha value is -2.23. The van der Waals surface area contributed by atoms with Gasteiger partial charge < -0.3 is 10.4 Å². The first kappa shape index (κ1) is 17.6. The molecule has 0 unspecified atom stereocenters. The van der Waals surface area contributed by atoms with Crippen molar-refractivity contribution in [2.75, 3.05) is 5.32 Å². The minimum Gasteiger partial charge on any atom is -0.478 e. The van der Waals surface area contributed by atoms with Gasteiger partial charge in [-0.3, -0.25) is 4.40 Å². The van der Waals surface area contributed by atoms with E-state index in [1.54, 1.807) is 29.5 Å². The molecule has 0 atom stereocenters. The summed E-state index contributed by atoms with van der Waals surface area (Å²) in [6.45, 7) is 1.97. The van der Waals surface area contributed by atoms with Gasteiger partial charge in [-0.2, -0.15) is 0 Å². The maximum absolute atomic E-state index is 11.1. The molecule has 0 radical (unpaired) electrons. The van der Waals surface area contributed by atoms with Crippen molar-refractivity contribution in [1.29, 1.82) is 0 Å². The highest BCUT2D eigenvalue weighted by Crippen LogP contribution is 2.31. The number of carboxylic acid groups (broad SMARTS) is 1. The van der Waals surface area contributed by atoms with E-state index in [4.69, 9.17) is 5.11 Å². The lowest BCUT2D eigenvalue weighted by atomic mass is 10.2. The molecule has 9 heteroatoms. The van der Waals surface area contributed by atoms with E-state index in [1.807, 2.05) is 34.3 Å². The fourth-order valence-electron chi connectivity index (χ4n) is 2.50. The quantitative estimate of drug-likeness (QED) is 0.477. The van der Waals surface area contributed by atoms with E-state index >= 15 is 0 Å². The molecule has 2 N–H and O–H groups in total. The van der Waals surface area contributed by atoms with Crippen LogP contribution >= 0.6 is 39.7 Å². The third-order valence-electron chi connectivity index (χ3n) is 3.54. The van der Waals surface area contributed by atoms with Crippen LogP contribution < -0.4 is 5.32 Å². The molecule has 0 aliphatic carbocycles. The summed E-state index contributed by atoms with van der Waals surface area (Å²) in [5, 5.41) is 16.9. The highest BCUT2D eigenvalue weighted by atomic mass is 79.9. The van der Waals surface area contributed by atoms with Crippen LogP contribution in [0.25, 0.3) is 16.3 Å². The number of anilines is 2. The van der Waals surface area contributed by atoms with E-state index in [9.17, 15) is 4.79 Å². The number of carboxylic acids is 1. The second-order valence-electron chi connectivity index (χ2n) is 5.15. The molecule has 0 bridgehead atoms. The number of thiazole rings is 2. The van der Waals surface area contributed by atoms with Crippen LogP contribution in [-0.2, 0) is 0 Å². The Morgan fingerprint density at radius 3 is 2.92 bits per heavy atom. The Morgan fingerprint density at radius 1 is 1.28 bits per heavy atom. The first-order chi connectivity index (χ1) is 11.6. The molecule has 0 saturated carbocycles. The minimum atomic E-state index is -0.951. The predicted octanol–water partition coefficient (Wildman–Crippen LogP) is 4.85.